The maximum atomic E-state index is 12.2. The van der Waals surface area contributed by atoms with E-state index in [1.54, 1.807) is 49.6 Å². The number of hydrogen-bond donors (Lipinski definition) is 3. The molecule has 0 saturated heterocycles. The lowest BCUT2D eigenvalue weighted by molar-refractivity contribution is 0.102. The molecule has 0 unspecified atom stereocenters. The summed E-state index contributed by atoms with van der Waals surface area (Å²) < 4.78 is 5.10. The molecular formula is C14H14ClN3O2. The van der Waals surface area contributed by atoms with Gasteiger partial charge in [-0.3, -0.25) is 10.6 Å². The number of para-hydroxylation sites is 1. The Morgan fingerprint density at radius 2 is 1.95 bits per heavy atom. The molecular weight excluding hydrogens is 278 g/mol. The van der Waals surface area contributed by atoms with E-state index in [1.165, 1.54) is 0 Å². The summed E-state index contributed by atoms with van der Waals surface area (Å²) in [4.78, 5) is 12.2. The smallest absolute Gasteiger partial charge is 0.257 e. The number of nitrogens with two attached hydrogens (primary N) is 1. The number of methoxy groups -OCH3 is 1. The van der Waals surface area contributed by atoms with E-state index in [-0.39, 0.29) is 5.91 Å². The number of hydrazine groups is 1. The molecule has 0 bridgehead atoms. The van der Waals surface area contributed by atoms with Crippen LogP contribution in [0.25, 0.3) is 0 Å². The lowest BCUT2D eigenvalue weighted by Gasteiger charge is -2.11. The second-order valence-corrected chi connectivity index (χ2v) is 4.40. The Morgan fingerprint density at radius 3 is 2.65 bits per heavy atom. The SMILES string of the molecule is COc1ccc(Cl)c(NC(=O)c2ccccc2NN)c1. The molecule has 0 atom stereocenters. The number of carbonyl (C=O) groups is 1. The fourth-order valence-corrected chi connectivity index (χ4v) is 1.89. The number of rotatable bonds is 4. The first-order chi connectivity index (χ1) is 9.65. The maximum absolute atomic E-state index is 12.2. The molecule has 0 saturated carbocycles. The average Bonchev–Trinajstić information content (AvgIpc) is 2.49. The molecule has 0 spiro atoms. The minimum Gasteiger partial charge on any atom is -0.497 e. The van der Waals surface area contributed by atoms with E-state index in [0.29, 0.717) is 27.7 Å². The minimum atomic E-state index is -0.311. The Morgan fingerprint density at radius 1 is 1.20 bits per heavy atom. The number of benzene rings is 2. The zero-order valence-electron chi connectivity index (χ0n) is 10.8. The quantitative estimate of drug-likeness (QED) is 0.598. The molecule has 0 heterocycles. The lowest BCUT2D eigenvalue weighted by atomic mass is 10.1. The standard InChI is InChI=1S/C14H14ClN3O2/c1-20-9-6-7-11(15)13(8-9)17-14(19)10-4-2-3-5-12(10)18-16/h2-8,18H,16H2,1H3,(H,17,19). The molecule has 104 valence electrons. The highest BCUT2D eigenvalue weighted by Crippen LogP contribution is 2.27. The number of amides is 1. The highest BCUT2D eigenvalue weighted by Gasteiger charge is 2.12. The third kappa shape index (κ3) is 3.01. The lowest BCUT2D eigenvalue weighted by Crippen LogP contribution is -2.17. The molecule has 0 aliphatic rings. The first-order valence-electron chi connectivity index (χ1n) is 5.86. The molecule has 0 aromatic heterocycles. The molecule has 0 radical (unpaired) electrons. The van der Waals surface area contributed by atoms with Gasteiger partial charge in [0.1, 0.15) is 5.75 Å². The molecule has 4 N–H and O–H groups in total. The number of anilines is 2. The summed E-state index contributed by atoms with van der Waals surface area (Å²) in [5, 5.41) is 3.16. The Hall–Kier alpha value is -2.24. The summed E-state index contributed by atoms with van der Waals surface area (Å²) in [6, 6.07) is 11.9. The van der Waals surface area contributed by atoms with Crippen molar-refractivity contribution < 1.29 is 9.53 Å². The molecule has 1 amide bonds. The van der Waals surface area contributed by atoms with E-state index < -0.39 is 0 Å². The Balaban J connectivity index is 2.27. The van der Waals surface area contributed by atoms with E-state index in [9.17, 15) is 4.79 Å². The van der Waals surface area contributed by atoms with Crippen LogP contribution in [0.15, 0.2) is 42.5 Å². The van der Waals surface area contributed by atoms with Crippen molar-refractivity contribution in [3.63, 3.8) is 0 Å². The molecule has 2 rings (SSSR count). The molecule has 5 nitrogen and oxygen atoms in total. The van der Waals surface area contributed by atoms with Crippen LogP contribution in [-0.2, 0) is 0 Å². The van der Waals surface area contributed by atoms with Crippen molar-refractivity contribution in [2.24, 2.45) is 5.84 Å². The first kappa shape index (κ1) is 14.2. The van der Waals surface area contributed by atoms with Gasteiger partial charge < -0.3 is 15.5 Å². The van der Waals surface area contributed by atoms with Gasteiger partial charge in [-0.05, 0) is 24.3 Å². The second kappa shape index (κ2) is 6.27. The number of nitrogens with one attached hydrogen (secondary N) is 2. The highest BCUT2D eigenvalue weighted by atomic mass is 35.5. The van der Waals surface area contributed by atoms with Crippen molar-refractivity contribution in [2.75, 3.05) is 17.9 Å². The Kier molecular flexibility index (Phi) is 4.45. The molecule has 2 aromatic carbocycles. The Bertz CT molecular complexity index is 632. The van der Waals surface area contributed by atoms with E-state index in [1.807, 2.05) is 0 Å². The van der Waals surface area contributed by atoms with Gasteiger partial charge in [-0.15, -0.1) is 0 Å². The van der Waals surface area contributed by atoms with Gasteiger partial charge >= 0.3 is 0 Å². The van der Waals surface area contributed by atoms with E-state index in [2.05, 4.69) is 10.7 Å². The van der Waals surface area contributed by atoms with Crippen molar-refractivity contribution in [3.8, 4) is 5.75 Å². The molecule has 0 aliphatic heterocycles. The van der Waals surface area contributed by atoms with Gasteiger partial charge in [0.25, 0.3) is 5.91 Å². The van der Waals surface area contributed by atoms with Crippen molar-refractivity contribution in [2.45, 2.75) is 0 Å². The summed E-state index contributed by atoms with van der Waals surface area (Å²) in [5.41, 5.74) is 3.91. The van der Waals surface area contributed by atoms with Gasteiger partial charge in [-0.1, -0.05) is 23.7 Å². The zero-order chi connectivity index (χ0) is 14.5. The van der Waals surface area contributed by atoms with E-state index >= 15 is 0 Å². The number of carbonyl (C=O) groups excluding carboxylic acids is 1. The number of nitrogen functional groups attached to an aromatic ring is 1. The van der Waals surface area contributed by atoms with Crippen LogP contribution in [0, 0.1) is 0 Å². The van der Waals surface area contributed by atoms with Gasteiger partial charge in [0.2, 0.25) is 0 Å². The van der Waals surface area contributed by atoms with Gasteiger partial charge in [0, 0.05) is 6.07 Å². The number of ether oxygens (including phenoxy) is 1. The van der Waals surface area contributed by atoms with Crippen LogP contribution < -0.4 is 21.3 Å². The summed E-state index contributed by atoms with van der Waals surface area (Å²) in [6.07, 6.45) is 0. The second-order valence-electron chi connectivity index (χ2n) is 3.99. The van der Waals surface area contributed by atoms with Crippen LogP contribution in [0.1, 0.15) is 10.4 Å². The summed E-state index contributed by atoms with van der Waals surface area (Å²) >= 11 is 6.05. The molecule has 0 fully saturated rings. The number of hydrogen-bond acceptors (Lipinski definition) is 4. The normalized spacial score (nSPS) is 9.95. The summed E-state index contributed by atoms with van der Waals surface area (Å²) in [6.45, 7) is 0. The van der Waals surface area contributed by atoms with Crippen molar-refractivity contribution in [1.29, 1.82) is 0 Å². The predicted octanol–water partition coefficient (Wildman–Crippen LogP) is 2.89. The van der Waals surface area contributed by atoms with Crippen LogP contribution in [-0.4, -0.2) is 13.0 Å². The molecule has 6 heteroatoms. The largest absolute Gasteiger partial charge is 0.497 e. The van der Waals surface area contributed by atoms with Crippen LogP contribution in [0.5, 0.6) is 5.75 Å². The maximum Gasteiger partial charge on any atom is 0.257 e. The van der Waals surface area contributed by atoms with Crippen LogP contribution in [0.3, 0.4) is 0 Å². The average molecular weight is 292 g/mol. The third-order valence-corrected chi connectivity index (χ3v) is 3.08. The molecule has 2 aromatic rings. The van der Waals surface area contributed by atoms with Crippen molar-refractivity contribution >= 4 is 28.9 Å². The molecule has 20 heavy (non-hydrogen) atoms. The van der Waals surface area contributed by atoms with Crippen LogP contribution in [0.2, 0.25) is 5.02 Å². The number of halogens is 1. The van der Waals surface area contributed by atoms with E-state index in [4.69, 9.17) is 22.2 Å². The highest BCUT2D eigenvalue weighted by molar-refractivity contribution is 6.34. The van der Waals surface area contributed by atoms with Crippen molar-refractivity contribution in [1.82, 2.24) is 0 Å². The van der Waals surface area contributed by atoms with E-state index in [0.717, 1.165) is 0 Å². The van der Waals surface area contributed by atoms with Gasteiger partial charge in [0.15, 0.2) is 0 Å². The Labute approximate surface area is 121 Å². The predicted molar refractivity (Wildman–Crippen MR) is 80.2 cm³/mol. The minimum absolute atomic E-state index is 0.311. The van der Waals surface area contributed by atoms with Crippen molar-refractivity contribution in [3.05, 3.63) is 53.1 Å². The molecule has 0 aliphatic carbocycles. The monoisotopic (exact) mass is 291 g/mol. The topological polar surface area (TPSA) is 76.4 Å². The third-order valence-electron chi connectivity index (χ3n) is 2.75. The van der Waals surface area contributed by atoms with Crippen LogP contribution >= 0.6 is 11.6 Å². The summed E-state index contributed by atoms with van der Waals surface area (Å²) in [7, 11) is 1.54. The van der Waals surface area contributed by atoms with Gasteiger partial charge in [-0.25, -0.2) is 0 Å². The van der Waals surface area contributed by atoms with Gasteiger partial charge in [0.05, 0.1) is 29.1 Å². The first-order valence-corrected chi connectivity index (χ1v) is 6.24. The summed E-state index contributed by atoms with van der Waals surface area (Å²) in [5.74, 6) is 5.68. The zero-order valence-corrected chi connectivity index (χ0v) is 11.6. The van der Waals surface area contributed by atoms with Gasteiger partial charge in [-0.2, -0.15) is 0 Å². The fourth-order valence-electron chi connectivity index (χ4n) is 1.72. The fraction of sp³-hybridized carbons (Fsp3) is 0.0714. The van der Waals surface area contributed by atoms with Crippen LogP contribution in [0.4, 0.5) is 11.4 Å².